The zero-order chi connectivity index (χ0) is 15.3. The average molecular weight is 289 g/mol. The van der Waals surface area contributed by atoms with Crippen LogP contribution in [0.5, 0.6) is 0 Å². The third kappa shape index (κ3) is 3.85. The number of benzene rings is 1. The van der Waals surface area contributed by atoms with Gasteiger partial charge in [-0.2, -0.15) is 0 Å². The molecule has 1 aromatic rings. The van der Waals surface area contributed by atoms with E-state index in [0.717, 1.165) is 38.8 Å². The summed E-state index contributed by atoms with van der Waals surface area (Å²) in [7, 11) is 0. The van der Waals surface area contributed by atoms with Crippen molar-refractivity contribution in [3.05, 3.63) is 35.9 Å². The maximum absolute atomic E-state index is 11.7. The monoisotopic (exact) mass is 289 g/mol. The molecule has 0 aromatic heterocycles. The number of aliphatic carboxylic acids is 1. The highest BCUT2D eigenvalue weighted by molar-refractivity contribution is 5.75. The number of piperidine rings is 1. The van der Waals surface area contributed by atoms with E-state index in [1.807, 2.05) is 6.07 Å². The summed E-state index contributed by atoms with van der Waals surface area (Å²) in [6.07, 6.45) is 3.55. The molecule has 1 heterocycles. The van der Waals surface area contributed by atoms with Crippen LogP contribution in [-0.4, -0.2) is 35.6 Å². The summed E-state index contributed by atoms with van der Waals surface area (Å²) in [6.45, 7) is 6.98. The van der Waals surface area contributed by atoms with Crippen molar-refractivity contribution in [3.63, 3.8) is 0 Å². The van der Waals surface area contributed by atoms with Gasteiger partial charge in [-0.3, -0.25) is 4.79 Å². The minimum absolute atomic E-state index is 0.442. The Hall–Kier alpha value is -1.35. The van der Waals surface area contributed by atoms with Crippen molar-refractivity contribution >= 4 is 5.97 Å². The van der Waals surface area contributed by atoms with E-state index in [-0.39, 0.29) is 0 Å². The number of nitrogens with zero attached hydrogens (tertiary/aromatic N) is 1. The van der Waals surface area contributed by atoms with Crippen LogP contribution in [0.1, 0.15) is 51.0 Å². The first-order chi connectivity index (χ1) is 10.1. The summed E-state index contributed by atoms with van der Waals surface area (Å²) in [4.78, 5) is 14.1. The van der Waals surface area contributed by atoms with Crippen molar-refractivity contribution < 1.29 is 9.90 Å². The second-order valence-electron chi connectivity index (χ2n) is 6.49. The molecule has 1 aromatic carbocycles. The van der Waals surface area contributed by atoms with Crippen LogP contribution >= 0.6 is 0 Å². The molecule has 3 heteroatoms. The summed E-state index contributed by atoms with van der Waals surface area (Å²) in [5.74, 6) is -0.168. The largest absolute Gasteiger partial charge is 0.481 e. The summed E-state index contributed by atoms with van der Waals surface area (Å²) in [5, 5.41) is 9.66. The van der Waals surface area contributed by atoms with Gasteiger partial charge in [0.25, 0.3) is 0 Å². The highest BCUT2D eigenvalue weighted by Crippen LogP contribution is 2.35. The Morgan fingerprint density at radius 1 is 1.38 bits per heavy atom. The molecule has 1 fully saturated rings. The fourth-order valence-corrected chi connectivity index (χ4v) is 3.62. The number of hydrogen-bond donors (Lipinski definition) is 1. The molecule has 1 aliphatic rings. The van der Waals surface area contributed by atoms with E-state index in [4.69, 9.17) is 0 Å². The summed E-state index contributed by atoms with van der Waals surface area (Å²) >= 11 is 0. The van der Waals surface area contributed by atoms with Crippen LogP contribution in [-0.2, 0) is 4.79 Å². The van der Waals surface area contributed by atoms with Crippen molar-refractivity contribution in [2.45, 2.75) is 45.4 Å². The lowest BCUT2D eigenvalue weighted by atomic mass is 9.76. The maximum atomic E-state index is 11.7. The fourth-order valence-electron chi connectivity index (χ4n) is 3.62. The molecule has 2 atom stereocenters. The maximum Gasteiger partial charge on any atom is 0.310 e. The van der Waals surface area contributed by atoms with Gasteiger partial charge in [-0.05, 0) is 37.3 Å². The fraction of sp³-hybridized carbons (Fsp3) is 0.611. The van der Waals surface area contributed by atoms with Gasteiger partial charge in [0, 0.05) is 13.1 Å². The van der Waals surface area contributed by atoms with Crippen molar-refractivity contribution in [1.29, 1.82) is 0 Å². The van der Waals surface area contributed by atoms with Gasteiger partial charge in [0.1, 0.15) is 0 Å². The summed E-state index contributed by atoms with van der Waals surface area (Å²) < 4.78 is 0. The molecule has 0 bridgehead atoms. The molecular weight excluding hydrogens is 262 g/mol. The number of hydrogen-bond acceptors (Lipinski definition) is 2. The molecular formula is C18H27NO2. The van der Waals surface area contributed by atoms with Crippen LogP contribution < -0.4 is 0 Å². The Balaban J connectivity index is 2.02. The van der Waals surface area contributed by atoms with Crippen LogP contribution in [0.25, 0.3) is 0 Å². The molecule has 0 spiro atoms. The third-order valence-corrected chi connectivity index (χ3v) is 4.74. The SMILES string of the molecule is CCCC1(C(=O)O)CCCN(CC(C)c2ccccc2)C1. The van der Waals surface area contributed by atoms with Crippen molar-refractivity contribution in [1.82, 2.24) is 4.90 Å². The minimum Gasteiger partial charge on any atom is -0.481 e. The van der Waals surface area contributed by atoms with Crippen LogP contribution in [0.15, 0.2) is 30.3 Å². The molecule has 0 radical (unpaired) electrons. The topological polar surface area (TPSA) is 40.5 Å². The van der Waals surface area contributed by atoms with Gasteiger partial charge >= 0.3 is 5.97 Å². The van der Waals surface area contributed by atoms with Crippen molar-refractivity contribution in [2.75, 3.05) is 19.6 Å². The first-order valence-corrected chi connectivity index (χ1v) is 8.08. The minimum atomic E-state index is -0.610. The van der Waals surface area contributed by atoms with E-state index in [2.05, 4.69) is 43.0 Å². The lowest BCUT2D eigenvalue weighted by Gasteiger charge is -2.41. The predicted octanol–water partition coefficient (Wildman–Crippen LogP) is 3.76. The van der Waals surface area contributed by atoms with Gasteiger partial charge in [-0.25, -0.2) is 0 Å². The molecule has 0 amide bonds. The van der Waals surface area contributed by atoms with Crippen molar-refractivity contribution in [2.24, 2.45) is 5.41 Å². The zero-order valence-corrected chi connectivity index (χ0v) is 13.2. The molecule has 1 N–H and O–H groups in total. The highest BCUT2D eigenvalue weighted by Gasteiger charge is 2.41. The lowest BCUT2D eigenvalue weighted by Crippen LogP contribution is -2.48. The summed E-state index contributed by atoms with van der Waals surface area (Å²) in [6, 6.07) is 10.5. The second kappa shape index (κ2) is 7.08. The van der Waals surface area contributed by atoms with E-state index in [0.29, 0.717) is 12.5 Å². The number of likely N-dealkylation sites (tertiary alicyclic amines) is 1. The van der Waals surface area contributed by atoms with Crippen LogP contribution in [0.2, 0.25) is 0 Å². The lowest BCUT2D eigenvalue weighted by molar-refractivity contribution is -0.153. The van der Waals surface area contributed by atoms with Gasteiger partial charge in [0.15, 0.2) is 0 Å². The number of carbonyl (C=O) groups is 1. The van der Waals surface area contributed by atoms with Gasteiger partial charge in [-0.15, -0.1) is 0 Å². The first kappa shape index (κ1) is 16.0. The van der Waals surface area contributed by atoms with E-state index >= 15 is 0 Å². The van der Waals surface area contributed by atoms with Gasteiger partial charge in [0.05, 0.1) is 5.41 Å². The van der Waals surface area contributed by atoms with Crippen LogP contribution in [0, 0.1) is 5.41 Å². The second-order valence-corrected chi connectivity index (χ2v) is 6.49. The quantitative estimate of drug-likeness (QED) is 0.867. The Kier molecular flexibility index (Phi) is 5.40. The standard InChI is InChI=1S/C18H27NO2/c1-3-10-18(17(20)21)11-7-12-19(14-18)13-15(2)16-8-5-4-6-9-16/h4-6,8-9,15H,3,7,10-14H2,1-2H3,(H,20,21). The van der Waals surface area contributed by atoms with E-state index < -0.39 is 11.4 Å². The molecule has 2 rings (SSSR count). The summed E-state index contributed by atoms with van der Waals surface area (Å²) in [5.41, 5.74) is 0.808. The Morgan fingerprint density at radius 2 is 2.10 bits per heavy atom. The number of rotatable bonds is 6. The highest BCUT2D eigenvalue weighted by atomic mass is 16.4. The van der Waals surface area contributed by atoms with Crippen molar-refractivity contribution in [3.8, 4) is 0 Å². The predicted molar refractivity (Wildman–Crippen MR) is 85.5 cm³/mol. The van der Waals surface area contributed by atoms with Crippen LogP contribution in [0.4, 0.5) is 0 Å². The Morgan fingerprint density at radius 3 is 2.71 bits per heavy atom. The molecule has 1 saturated heterocycles. The van der Waals surface area contributed by atoms with Crippen LogP contribution in [0.3, 0.4) is 0 Å². The molecule has 2 unspecified atom stereocenters. The van der Waals surface area contributed by atoms with E-state index in [9.17, 15) is 9.90 Å². The first-order valence-electron chi connectivity index (χ1n) is 8.08. The molecule has 21 heavy (non-hydrogen) atoms. The third-order valence-electron chi connectivity index (χ3n) is 4.74. The average Bonchev–Trinajstić information content (AvgIpc) is 2.48. The van der Waals surface area contributed by atoms with E-state index in [1.165, 1.54) is 5.56 Å². The normalized spacial score (nSPS) is 24.7. The molecule has 0 saturated carbocycles. The molecule has 3 nitrogen and oxygen atoms in total. The van der Waals surface area contributed by atoms with Gasteiger partial charge < -0.3 is 10.0 Å². The Bertz CT molecular complexity index is 456. The molecule has 116 valence electrons. The van der Waals surface area contributed by atoms with E-state index in [1.54, 1.807) is 0 Å². The Labute approximate surface area is 128 Å². The number of carboxylic acid groups (broad SMARTS) is 1. The molecule has 1 aliphatic heterocycles. The van der Waals surface area contributed by atoms with Gasteiger partial charge in [-0.1, -0.05) is 50.6 Å². The number of carboxylic acids is 1. The smallest absolute Gasteiger partial charge is 0.310 e. The zero-order valence-electron chi connectivity index (χ0n) is 13.2. The molecule has 0 aliphatic carbocycles. The van der Waals surface area contributed by atoms with Gasteiger partial charge in [0.2, 0.25) is 0 Å².